The van der Waals surface area contributed by atoms with Crippen molar-refractivity contribution in [3.05, 3.63) is 47.4 Å². The number of nitrogens with zero attached hydrogens (tertiary/aromatic N) is 5. The second-order valence-electron chi connectivity index (χ2n) is 8.91. The smallest absolute Gasteiger partial charge is 0.228 e. The summed E-state index contributed by atoms with van der Waals surface area (Å²) in [4.78, 5) is 28.7. The van der Waals surface area contributed by atoms with Gasteiger partial charge in [-0.1, -0.05) is 32.0 Å². The lowest BCUT2D eigenvalue weighted by Crippen LogP contribution is -2.48. The Bertz CT molecular complexity index is 890. The Kier molecular flexibility index (Phi) is 5.30. The van der Waals surface area contributed by atoms with Gasteiger partial charge >= 0.3 is 0 Å². The predicted octanol–water partition coefficient (Wildman–Crippen LogP) is 3.28. The summed E-state index contributed by atoms with van der Waals surface area (Å²) >= 11 is 0. The second kappa shape index (κ2) is 7.75. The zero-order valence-corrected chi connectivity index (χ0v) is 18.0. The summed E-state index contributed by atoms with van der Waals surface area (Å²) in [6.07, 6.45) is 1.61. The molecule has 3 heterocycles. The molecule has 0 aliphatic carbocycles. The van der Waals surface area contributed by atoms with Crippen LogP contribution >= 0.6 is 0 Å². The van der Waals surface area contributed by atoms with Crippen LogP contribution in [0.5, 0.6) is 0 Å². The van der Waals surface area contributed by atoms with Gasteiger partial charge in [-0.25, -0.2) is 9.97 Å². The number of rotatable bonds is 3. The second-order valence-corrected chi connectivity index (χ2v) is 8.91. The molecular formula is C23H31N5O. The molecule has 1 amide bonds. The van der Waals surface area contributed by atoms with Crippen molar-refractivity contribution in [3.63, 3.8) is 0 Å². The summed E-state index contributed by atoms with van der Waals surface area (Å²) in [7, 11) is 0. The number of carbonyl (C=O) groups is 1. The number of fused-ring (bicyclic) bond motifs is 1. The molecule has 1 saturated heterocycles. The molecule has 0 radical (unpaired) electrons. The van der Waals surface area contributed by atoms with E-state index in [4.69, 9.17) is 0 Å². The fraction of sp³-hybridized carbons (Fsp3) is 0.522. The van der Waals surface area contributed by atoms with Gasteiger partial charge in [0.1, 0.15) is 11.6 Å². The van der Waals surface area contributed by atoms with E-state index < -0.39 is 0 Å². The van der Waals surface area contributed by atoms with Crippen molar-refractivity contribution >= 4 is 17.4 Å². The maximum Gasteiger partial charge on any atom is 0.228 e. The molecule has 1 aromatic carbocycles. The Labute approximate surface area is 173 Å². The molecule has 2 aliphatic rings. The molecule has 2 aromatic rings. The minimum atomic E-state index is -0.109. The van der Waals surface area contributed by atoms with Crippen LogP contribution in [0, 0.1) is 13.8 Å². The van der Waals surface area contributed by atoms with Crippen LogP contribution in [0.4, 0.5) is 11.5 Å². The van der Waals surface area contributed by atoms with Gasteiger partial charge in [-0.2, -0.15) is 0 Å². The lowest BCUT2D eigenvalue weighted by molar-refractivity contribution is -0.120. The lowest BCUT2D eigenvalue weighted by atomic mass is 9.77. The highest BCUT2D eigenvalue weighted by Crippen LogP contribution is 2.40. The Balaban J connectivity index is 1.49. The van der Waals surface area contributed by atoms with Crippen LogP contribution in [0.2, 0.25) is 0 Å². The molecule has 0 atom stereocenters. The molecule has 0 saturated carbocycles. The molecule has 1 fully saturated rings. The highest BCUT2D eigenvalue weighted by atomic mass is 16.2. The van der Waals surface area contributed by atoms with Crippen LogP contribution in [0.15, 0.2) is 30.3 Å². The number of hydrogen-bond acceptors (Lipinski definition) is 5. The van der Waals surface area contributed by atoms with Gasteiger partial charge in [-0.3, -0.25) is 14.6 Å². The zero-order valence-electron chi connectivity index (χ0n) is 18.0. The Hall–Kier alpha value is -2.47. The van der Waals surface area contributed by atoms with Crippen molar-refractivity contribution in [2.24, 2.45) is 0 Å². The molecular weight excluding hydrogens is 362 g/mol. The number of carbonyl (C=O) groups excluding carboxylic acids is 1. The third kappa shape index (κ3) is 4.13. The van der Waals surface area contributed by atoms with Gasteiger partial charge in [-0.05, 0) is 31.9 Å². The molecule has 1 aromatic heterocycles. The first kappa shape index (κ1) is 19.8. The van der Waals surface area contributed by atoms with E-state index >= 15 is 0 Å². The quantitative estimate of drug-likeness (QED) is 0.801. The fourth-order valence-electron chi connectivity index (χ4n) is 4.54. The number of benzene rings is 1. The fourth-order valence-corrected chi connectivity index (χ4v) is 4.54. The van der Waals surface area contributed by atoms with E-state index in [-0.39, 0.29) is 11.3 Å². The summed E-state index contributed by atoms with van der Waals surface area (Å²) < 4.78 is 0. The maximum atomic E-state index is 13.0. The van der Waals surface area contributed by atoms with Crippen molar-refractivity contribution in [1.29, 1.82) is 0 Å². The molecule has 0 unspecified atom stereocenters. The summed E-state index contributed by atoms with van der Waals surface area (Å²) in [6.45, 7) is 12.7. The minimum Gasteiger partial charge on any atom is -0.355 e. The van der Waals surface area contributed by atoms with Crippen LogP contribution in [0.1, 0.15) is 43.8 Å². The van der Waals surface area contributed by atoms with Gasteiger partial charge in [-0.15, -0.1) is 0 Å². The van der Waals surface area contributed by atoms with Gasteiger partial charge in [0.05, 0.1) is 6.67 Å². The average molecular weight is 394 g/mol. The summed E-state index contributed by atoms with van der Waals surface area (Å²) in [5.74, 6) is 2.05. The molecule has 4 rings (SSSR count). The topological polar surface area (TPSA) is 52.6 Å². The number of amides is 1. The molecule has 0 spiro atoms. The van der Waals surface area contributed by atoms with Gasteiger partial charge in [0, 0.05) is 55.5 Å². The number of para-hydroxylation sites is 1. The van der Waals surface area contributed by atoms with E-state index in [0.29, 0.717) is 13.1 Å². The minimum absolute atomic E-state index is 0.109. The van der Waals surface area contributed by atoms with Crippen LogP contribution in [0.25, 0.3) is 0 Å². The standard InChI is InChI=1S/C23H31N5O/c1-17-14-21(25-18(2)24-17)27-11-7-10-26(12-13-27)16-28-20-9-6-5-8-19(20)23(3,4)15-22(28)29/h5-6,8-9,14H,7,10-13,15-16H2,1-4H3. The first-order chi connectivity index (χ1) is 13.8. The van der Waals surface area contributed by atoms with Gasteiger partial charge in [0.15, 0.2) is 0 Å². The number of hydrogen-bond donors (Lipinski definition) is 0. The molecule has 0 bridgehead atoms. The van der Waals surface area contributed by atoms with Crippen molar-refractivity contribution in [2.75, 3.05) is 42.6 Å². The number of aryl methyl sites for hydroxylation is 2. The summed E-state index contributed by atoms with van der Waals surface area (Å²) in [5.41, 5.74) is 3.23. The lowest BCUT2D eigenvalue weighted by Gasteiger charge is -2.40. The number of aromatic nitrogens is 2. The van der Waals surface area contributed by atoms with Gasteiger partial charge in [0.25, 0.3) is 0 Å². The number of anilines is 2. The van der Waals surface area contributed by atoms with Crippen LogP contribution in [-0.4, -0.2) is 53.6 Å². The first-order valence-corrected chi connectivity index (χ1v) is 10.5. The third-order valence-electron chi connectivity index (χ3n) is 6.02. The molecule has 6 nitrogen and oxygen atoms in total. The summed E-state index contributed by atoms with van der Waals surface area (Å²) in [6, 6.07) is 10.4. The Morgan fingerprint density at radius 3 is 2.62 bits per heavy atom. The normalized spacial score (nSPS) is 19.8. The van der Waals surface area contributed by atoms with E-state index in [1.54, 1.807) is 0 Å². The van der Waals surface area contributed by atoms with E-state index in [9.17, 15) is 4.79 Å². The summed E-state index contributed by atoms with van der Waals surface area (Å²) in [5, 5.41) is 0. The first-order valence-electron chi connectivity index (χ1n) is 10.5. The average Bonchev–Trinajstić information content (AvgIpc) is 2.90. The van der Waals surface area contributed by atoms with Crippen LogP contribution < -0.4 is 9.80 Å². The van der Waals surface area contributed by atoms with E-state index in [1.165, 1.54) is 5.56 Å². The SMILES string of the molecule is Cc1cc(N2CCCN(CN3C(=O)CC(C)(C)c4ccccc43)CC2)nc(C)n1. The molecule has 29 heavy (non-hydrogen) atoms. The molecule has 0 N–H and O–H groups in total. The highest BCUT2D eigenvalue weighted by Gasteiger charge is 2.37. The van der Waals surface area contributed by atoms with E-state index in [1.807, 2.05) is 24.8 Å². The zero-order chi connectivity index (χ0) is 20.6. The molecule has 2 aliphatic heterocycles. The van der Waals surface area contributed by atoms with Crippen LogP contribution in [-0.2, 0) is 10.2 Å². The molecule has 154 valence electrons. The molecule has 6 heteroatoms. The van der Waals surface area contributed by atoms with Crippen molar-refractivity contribution in [1.82, 2.24) is 14.9 Å². The van der Waals surface area contributed by atoms with Crippen molar-refractivity contribution in [3.8, 4) is 0 Å². The van der Waals surface area contributed by atoms with Gasteiger partial charge < -0.3 is 4.90 Å². The predicted molar refractivity (Wildman–Crippen MR) is 116 cm³/mol. The highest BCUT2D eigenvalue weighted by molar-refractivity contribution is 5.97. The Morgan fingerprint density at radius 1 is 1.03 bits per heavy atom. The Morgan fingerprint density at radius 2 is 1.83 bits per heavy atom. The largest absolute Gasteiger partial charge is 0.355 e. The third-order valence-corrected chi connectivity index (χ3v) is 6.02. The van der Waals surface area contributed by atoms with Crippen molar-refractivity contribution in [2.45, 2.75) is 46.0 Å². The van der Waals surface area contributed by atoms with Crippen molar-refractivity contribution < 1.29 is 4.79 Å². The maximum absolute atomic E-state index is 13.0. The monoisotopic (exact) mass is 393 g/mol. The van der Waals surface area contributed by atoms with Crippen LogP contribution in [0.3, 0.4) is 0 Å². The van der Waals surface area contributed by atoms with E-state index in [0.717, 1.165) is 55.6 Å². The van der Waals surface area contributed by atoms with Gasteiger partial charge in [0.2, 0.25) is 5.91 Å². The van der Waals surface area contributed by atoms with E-state index in [2.05, 4.69) is 57.9 Å².